The molecule has 3 aromatic carbocycles. The molecule has 160 valence electrons. The van der Waals surface area contributed by atoms with Gasteiger partial charge in [-0.1, -0.05) is 18.2 Å². The van der Waals surface area contributed by atoms with E-state index in [1.165, 1.54) is 19.2 Å². The summed E-state index contributed by atoms with van der Waals surface area (Å²) in [4.78, 5) is 12.5. The molecule has 0 saturated heterocycles. The number of hydrogen-bond donors (Lipinski definition) is 2. The number of fused-ring (bicyclic) bond motifs is 3. The van der Waals surface area contributed by atoms with Crippen LogP contribution in [0.15, 0.2) is 71.6 Å². The molecule has 0 saturated carbocycles. The molecule has 0 atom stereocenters. The van der Waals surface area contributed by atoms with Crippen molar-refractivity contribution in [1.82, 2.24) is 9.29 Å². The number of methoxy groups -OCH3 is 1. The van der Waals surface area contributed by atoms with Crippen LogP contribution in [-0.4, -0.2) is 32.5 Å². The molecule has 0 unspecified atom stereocenters. The predicted octanol–water partition coefficient (Wildman–Crippen LogP) is 3.74. The Bertz CT molecular complexity index is 1360. The zero-order valence-corrected chi connectivity index (χ0v) is 18.1. The van der Waals surface area contributed by atoms with E-state index < -0.39 is 15.9 Å². The molecule has 1 amide bonds. The van der Waals surface area contributed by atoms with Gasteiger partial charge >= 0.3 is 0 Å². The van der Waals surface area contributed by atoms with Crippen LogP contribution in [0.1, 0.15) is 6.92 Å². The molecule has 1 aromatic heterocycles. The van der Waals surface area contributed by atoms with Gasteiger partial charge in [-0.2, -0.15) is 0 Å². The number of carbonyl (C=O) groups excluding carboxylic acids is 1. The van der Waals surface area contributed by atoms with Crippen LogP contribution in [0.25, 0.3) is 21.8 Å². The number of aromatic nitrogens is 1. The summed E-state index contributed by atoms with van der Waals surface area (Å²) in [5.74, 6) is 0.104. The minimum atomic E-state index is -3.81. The Morgan fingerprint density at radius 2 is 1.68 bits per heavy atom. The number of benzene rings is 3. The van der Waals surface area contributed by atoms with Crippen LogP contribution in [0.2, 0.25) is 0 Å². The van der Waals surface area contributed by atoms with Crippen molar-refractivity contribution in [2.24, 2.45) is 0 Å². The minimum absolute atomic E-state index is 0.0647. The van der Waals surface area contributed by atoms with E-state index in [2.05, 4.69) is 33.7 Å². The van der Waals surface area contributed by atoms with Crippen molar-refractivity contribution >= 4 is 43.4 Å². The number of carbonyl (C=O) groups is 1. The highest BCUT2D eigenvalue weighted by atomic mass is 32.2. The zero-order valence-electron chi connectivity index (χ0n) is 17.3. The Balaban J connectivity index is 1.50. The van der Waals surface area contributed by atoms with Gasteiger partial charge in [0, 0.05) is 34.0 Å². The first-order chi connectivity index (χ1) is 14.9. The first-order valence-corrected chi connectivity index (χ1v) is 11.4. The molecule has 0 spiro atoms. The van der Waals surface area contributed by atoms with Crippen LogP contribution in [0.5, 0.6) is 5.75 Å². The maximum absolute atomic E-state index is 12.4. The summed E-state index contributed by atoms with van der Waals surface area (Å²) in [6.07, 6.45) is 0. The fourth-order valence-corrected chi connectivity index (χ4v) is 4.66. The lowest BCUT2D eigenvalue weighted by Gasteiger charge is -2.09. The monoisotopic (exact) mass is 437 g/mol. The third kappa shape index (κ3) is 4.12. The Kier molecular flexibility index (Phi) is 5.67. The van der Waals surface area contributed by atoms with Crippen molar-refractivity contribution in [3.8, 4) is 5.75 Å². The lowest BCUT2D eigenvalue weighted by Crippen LogP contribution is -2.32. The van der Waals surface area contributed by atoms with Gasteiger partial charge in [0.05, 0.1) is 18.6 Å². The minimum Gasteiger partial charge on any atom is -0.497 e. The number of hydrogen-bond acceptors (Lipinski definition) is 4. The van der Waals surface area contributed by atoms with E-state index in [-0.39, 0.29) is 11.4 Å². The average Bonchev–Trinajstić information content (AvgIpc) is 3.11. The number of para-hydroxylation sites is 1. The van der Waals surface area contributed by atoms with E-state index in [1.54, 1.807) is 12.1 Å². The molecule has 1 heterocycles. The van der Waals surface area contributed by atoms with E-state index in [0.717, 1.165) is 28.4 Å². The predicted molar refractivity (Wildman–Crippen MR) is 122 cm³/mol. The fraction of sp³-hybridized carbons (Fsp3) is 0.174. The van der Waals surface area contributed by atoms with Crippen LogP contribution in [0.3, 0.4) is 0 Å². The number of nitrogens with zero attached hydrogens (tertiary/aromatic N) is 1. The maximum Gasteiger partial charge on any atom is 0.241 e. The second kappa shape index (κ2) is 8.41. The Morgan fingerprint density at radius 3 is 2.39 bits per heavy atom. The maximum atomic E-state index is 12.4. The molecule has 0 radical (unpaired) electrons. The van der Waals surface area contributed by atoms with E-state index in [1.807, 2.05) is 30.3 Å². The quantitative estimate of drug-likeness (QED) is 0.461. The largest absolute Gasteiger partial charge is 0.497 e. The Labute approximate surface area is 180 Å². The summed E-state index contributed by atoms with van der Waals surface area (Å²) < 4.78 is 34.4. The molecule has 0 aliphatic heterocycles. The van der Waals surface area contributed by atoms with Crippen molar-refractivity contribution in [1.29, 1.82) is 0 Å². The summed E-state index contributed by atoms with van der Waals surface area (Å²) in [5.41, 5.74) is 2.83. The lowest BCUT2D eigenvalue weighted by molar-refractivity contribution is -0.115. The molecule has 7 nitrogen and oxygen atoms in total. The van der Waals surface area contributed by atoms with Crippen LogP contribution in [0, 0.1) is 0 Å². The van der Waals surface area contributed by atoms with Crippen molar-refractivity contribution in [3.05, 3.63) is 66.7 Å². The smallest absolute Gasteiger partial charge is 0.241 e. The molecule has 4 rings (SSSR count). The average molecular weight is 438 g/mol. The van der Waals surface area contributed by atoms with Crippen molar-refractivity contribution < 1.29 is 17.9 Å². The number of sulfonamides is 1. The van der Waals surface area contributed by atoms with Gasteiger partial charge in [0.1, 0.15) is 5.75 Å². The molecule has 8 heteroatoms. The molecule has 0 bridgehead atoms. The van der Waals surface area contributed by atoms with Gasteiger partial charge in [-0.3, -0.25) is 4.79 Å². The number of ether oxygens (including phenoxy) is 1. The summed E-state index contributed by atoms with van der Waals surface area (Å²) >= 11 is 0. The van der Waals surface area contributed by atoms with Crippen molar-refractivity contribution in [3.63, 3.8) is 0 Å². The first kappa shape index (κ1) is 20.9. The molecule has 4 aromatic rings. The summed E-state index contributed by atoms with van der Waals surface area (Å²) in [7, 11) is -2.30. The third-order valence-electron chi connectivity index (χ3n) is 5.16. The van der Waals surface area contributed by atoms with Gasteiger partial charge in [0.25, 0.3) is 0 Å². The molecule has 0 fully saturated rings. The molecule has 31 heavy (non-hydrogen) atoms. The van der Waals surface area contributed by atoms with Crippen LogP contribution in [0.4, 0.5) is 5.69 Å². The highest BCUT2D eigenvalue weighted by Crippen LogP contribution is 2.30. The number of anilines is 1. The SMILES string of the molecule is CCn1c2ccccc2c2cc(NC(=O)CNS(=O)(=O)c3ccc(OC)cc3)ccc21. The van der Waals surface area contributed by atoms with Gasteiger partial charge in [-0.05, 0) is 55.5 Å². The van der Waals surface area contributed by atoms with E-state index in [0.29, 0.717) is 11.4 Å². The Morgan fingerprint density at radius 1 is 0.968 bits per heavy atom. The van der Waals surface area contributed by atoms with Crippen LogP contribution < -0.4 is 14.8 Å². The lowest BCUT2D eigenvalue weighted by atomic mass is 10.1. The summed E-state index contributed by atoms with van der Waals surface area (Å²) in [6.45, 7) is 2.56. The van der Waals surface area contributed by atoms with E-state index in [4.69, 9.17) is 4.74 Å². The van der Waals surface area contributed by atoms with E-state index >= 15 is 0 Å². The van der Waals surface area contributed by atoms with Gasteiger partial charge < -0.3 is 14.6 Å². The van der Waals surface area contributed by atoms with Gasteiger partial charge in [-0.15, -0.1) is 0 Å². The highest BCUT2D eigenvalue weighted by molar-refractivity contribution is 7.89. The van der Waals surface area contributed by atoms with Crippen LogP contribution in [-0.2, 0) is 21.4 Å². The van der Waals surface area contributed by atoms with Gasteiger partial charge in [0.15, 0.2) is 0 Å². The zero-order chi connectivity index (χ0) is 22.0. The number of amides is 1. The second-order valence-electron chi connectivity index (χ2n) is 7.04. The molecular formula is C23H23N3O4S. The van der Waals surface area contributed by atoms with Gasteiger partial charge in [0.2, 0.25) is 15.9 Å². The first-order valence-electron chi connectivity index (χ1n) is 9.87. The molecule has 0 aliphatic rings. The fourth-order valence-electron chi connectivity index (χ4n) is 3.68. The topological polar surface area (TPSA) is 89.4 Å². The van der Waals surface area contributed by atoms with E-state index in [9.17, 15) is 13.2 Å². The third-order valence-corrected chi connectivity index (χ3v) is 6.58. The summed E-state index contributed by atoms with van der Waals surface area (Å²) in [6, 6.07) is 19.8. The van der Waals surface area contributed by atoms with Crippen molar-refractivity contribution in [2.45, 2.75) is 18.4 Å². The highest BCUT2D eigenvalue weighted by Gasteiger charge is 2.16. The molecular weight excluding hydrogens is 414 g/mol. The molecule has 2 N–H and O–H groups in total. The number of aryl methyl sites for hydroxylation is 1. The standard InChI is InChI=1S/C23H23N3O4S/c1-3-26-21-7-5-4-6-19(21)20-14-16(8-13-22(20)26)25-23(27)15-24-31(28,29)18-11-9-17(30-2)10-12-18/h4-14,24H,3,15H2,1-2H3,(H,25,27). The number of rotatable bonds is 7. The van der Waals surface area contributed by atoms with Crippen molar-refractivity contribution in [2.75, 3.05) is 19.0 Å². The van der Waals surface area contributed by atoms with Crippen LogP contribution >= 0.6 is 0 Å². The van der Waals surface area contributed by atoms with Gasteiger partial charge in [-0.25, -0.2) is 13.1 Å². The summed E-state index contributed by atoms with van der Waals surface area (Å²) in [5, 5.41) is 4.92. The Hall–Kier alpha value is -3.36. The second-order valence-corrected chi connectivity index (χ2v) is 8.81. The number of nitrogens with one attached hydrogen (secondary N) is 2. The molecule has 0 aliphatic carbocycles. The normalized spacial score (nSPS) is 11.7.